The summed E-state index contributed by atoms with van der Waals surface area (Å²) in [6, 6.07) is 18.2. The molecule has 3 heterocycles. The number of benzene rings is 2. The van der Waals surface area contributed by atoms with Crippen LogP contribution in [-0.4, -0.2) is 23.5 Å². The van der Waals surface area contributed by atoms with Crippen molar-refractivity contribution in [2.75, 3.05) is 11.5 Å². The number of amides is 1. The second kappa shape index (κ2) is 7.91. The molecule has 2 aromatic carbocycles. The van der Waals surface area contributed by atoms with E-state index in [9.17, 15) is 14.4 Å². The lowest BCUT2D eigenvalue weighted by atomic mass is 9.68. The van der Waals surface area contributed by atoms with E-state index in [-0.39, 0.29) is 35.9 Å². The molecule has 0 saturated carbocycles. The van der Waals surface area contributed by atoms with Gasteiger partial charge in [0, 0.05) is 23.0 Å². The number of esters is 1. The summed E-state index contributed by atoms with van der Waals surface area (Å²) in [7, 11) is 0. The van der Waals surface area contributed by atoms with Crippen molar-refractivity contribution >= 4 is 17.6 Å². The molecule has 0 fully saturated rings. The maximum atomic E-state index is 14.4. The molecule has 3 aromatic rings. The molecule has 172 valence electrons. The molecule has 0 saturated heterocycles. The molecule has 5 rings (SSSR count). The number of aromatic amines is 1. The summed E-state index contributed by atoms with van der Waals surface area (Å²) in [4.78, 5) is 45.4. The number of fused-ring (bicyclic) bond motifs is 4. The third kappa shape index (κ3) is 2.95. The van der Waals surface area contributed by atoms with E-state index in [1.54, 1.807) is 49.1 Å². The van der Waals surface area contributed by atoms with Crippen molar-refractivity contribution in [3.05, 3.63) is 105 Å². The minimum atomic E-state index is -1.81. The van der Waals surface area contributed by atoms with Gasteiger partial charge in [0.25, 0.3) is 5.56 Å². The highest BCUT2D eigenvalue weighted by Crippen LogP contribution is 2.54. The standard InChI is InChI=1S/C26H23N3O5/c1-3-33-24(31)21-22(27)34-19-13-15(2)28-23(30)20(19)26(21)17-11-7-8-12-18(17)29(25(26)32)14-16-9-5-4-6-10-16/h4-13H,3,14,27H2,1-2H3,(H,28,30). The van der Waals surface area contributed by atoms with E-state index in [0.29, 0.717) is 16.9 Å². The van der Waals surface area contributed by atoms with Crippen LogP contribution in [0.3, 0.4) is 0 Å². The van der Waals surface area contributed by atoms with Crippen molar-refractivity contribution in [3.63, 3.8) is 0 Å². The summed E-state index contributed by atoms with van der Waals surface area (Å²) >= 11 is 0. The Bertz CT molecular complexity index is 1410. The van der Waals surface area contributed by atoms with Crippen molar-refractivity contribution < 1.29 is 19.1 Å². The van der Waals surface area contributed by atoms with Crippen molar-refractivity contribution in [1.82, 2.24) is 4.98 Å². The zero-order valence-corrected chi connectivity index (χ0v) is 18.8. The van der Waals surface area contributed by atoms with Crippen LogP contribution in [0.2, 0.25) is 0 Å². The Balaban J connectivity index is 1.84. The second-order valence-electron chi connectivity index (χ2n) is 8.23. The molecule has 1 atom stereocenters. The number of para-hydroxylation sites is 1. The first-order chi connectivity index (χ1) is 16.4. The van der Waals surface area contributed by atoms with Crippen LogP contribution in [0, 0.1) is 6.92 Å². The van der Waals surface area contributed by atoms with Gasteiger partial charge in [-0.25, -0.2) is 4.79 Å². The highest BCUT2D eigenvalue weighted by Gasteiger charge is 2.62. The molecular formula is C26H23N3O5. The quantitative estimate of drug-likeness (QED) is 0.582. The van der Waals surface area contributed by atoms with Crippen LogP contribution in [0.1, 0.15) is 29.3 Å². The molecule has 0 bridgehead atoms. The molecule has 34 heavy (non-hydrogen) atoms. The van der Waals surface area contributed by atoms with E-state index in [0.717, 1.165) is 5.56 Å². The van der Waals surface area contributed by atoms with Crippen LogP contribution in [-0.2, 0) is 26.3 Å². The van der Waals surface area contributed by atoms with Crippen molar-refractivity contribution in [2.24, 2.45) is 5.73 Å². The Labute approximate surface area is 195 Å². The predicted molar refractivity (Wildman–Crippen MR) is 125 cm³/mol. The zero-order valence-electron chi connectivity index (χ0n) is 18.8. The van der Waals surface area contributed by atoms with E-state index in [1.165, 1.54) is 0 Å². The number of pyridine rings is 1. The average molecular weight is 457 g/mol. The van der Waals surface area contributed by atoms with Gasteiger partial charge in [-0.2, -0.15) is 0 Å². The van der Waals surface area contributed by atoms with E-state index < -0.39 is 22.9 Å². The number of carbonyl (C=O) groups excluding carboxylic acids is 2. The first kappa shape index (κ1) is 21.5. The average Bonchev–Trinajstić information content (AvgIpc) is 3.03. The van der Waals surface area contributed by atoms with Crippen LogP contribution >= 0.6 is 0 Å². The maximum absolute atomic E-state index is 14.4. The molecule has 0 aliphatic carbocycles. The summed E-state index contributed by atoms with van der Waals surface area (Å²) < 4.78 is 11.0. The van der Waals surface area contributed by atoms with Gasteiger partial charge in [0.2, 0.25) is 11.8 Å². The van der Waals surface area contributed by atoms with Gasteiger partial charge in [-0.15, -0.1) is 0 Å². The number of aromatic nitrogens is 1. The number of aryl methyl sites for hydroxylation is 1. The van der Waals surface area contributed by atoms with Crippen molar-refractivity contribution in [2.45, 2.75) is 25.8 Å². The normalized spacial score (nSPS) is 18.5. The maximum Gasteiger partial charge on any atom is 0.341 e. The lowest BCUT2D eigenvalue weighted by molar-refractivity contribution is -0.140. The minimum absolute atomic E-state index is 0.0170. The Morgan fingerprint density at radius 1 is 1.12 bits per heavy atom. The number of hydrogen-bond donors (Lipinski definition) is 2. The van der Waals surface area contributed by atoms with Crippen molar-refractivity contribution in [3.8, 4) is 5.75 Å². The van der Waals surface area contributed by atoms with Crippen LogP contribution in [0.25, 0.3) is 0 Å². The Morgan fingerprint density at radius 3 is 2.56 bits per heavy atom. The molecule has 8 nitrogen and oxygen atoms in total. The number of nitrogens with zero attached hydrogens (tertiary/aromatic N) is 1. The molecule has 1 aromatic heterocycles. The summed E-state index contributed by atoms with van der Waals surface area (Å²) in [6.45, 7) is 3.66. The number of anilines is 1. The fraction of sp³-hybridized carbons (Fsp3) is 0.192. The Kier molecular flexibility index (Phi) is 5.01. The molecule has 3 N–H and O–H groups in total. The second-order valence-corrected chi connectivity index (χ2v) is 8.23. The topological polar surface area (TPSA) is 115 Å². The molecule has 2 aliphatic heterocycles. The molecule has 2 aliphatic rings. The fourth-order valence-corrected chi connectivity index (χ4v) is 4.89. The van der Waals surface area contributed by atoms with E-state index >= 15 is 0 Å². The summed E-state index contributed by atoms with van der Waals surface area (Å²) in [5, 5.41) is 0. The van der Waals surface area contributed by atoms with Crippen LogP contribution < -0.4 is 20.9 Å². The molecular weight excluding hydrogens is 434 g/mol. The predicted octanol–water partition coefficient (Wildman–Crippen LogP) is 2.64. The van der Waals surface area contributed by atoms with E-state index in [1.807, 2.05) is 30.3 Å². The number of nitrogens with one attached hydrogen (secondary N) is 1. The molecule has 0 radical (unpaired) electrons. The van der Waals surface area contributed by atoms with E-state index in [4.69, 9.17) is 15.2 Å². The number of rotatable bonds is 4. The number of H-pyrrole nitrogens is 1. The smallest absolute Gasteiger partial charge is 0.341 e. The monoisotopic (exact) mass is 457 g/mol. The molecule has 1 amide bonds. The van der Waals surface area contributed by atoms with Gasteiger partial charge in [0.15, 0.2) is 0 Å². The van der Waals surface area contributed by atoms with Gasteiger partial charge in [-0.3, -0.25) is 9.59 Å². The number of nitrogens with two attached hydrogens (primary N) is 1. The fourth-order valence-electron chi connectivity index (χ4n) is 4.89. The Morgan fingerprint density at radius 2 is 1.82 bits per heavy atom. The lowest BCUT2D eigenvalue weighted by Gasteiger charge is -2.35. The first-order valence-electron chi connectivity index (χ1n) is 10.9. The summed E-state index contributed by atoms with van der Waals surface area (Å²) in [5.74, 6) is -1.41. The number of carbonyl (C=O) groups is 2. The summed E-state index contributed by atoms with van der Waals surface area (Å²) in [5.41, 5.74) is 6.23. The highest BCUT2D eigenvalue weighted by atomic mass is 16.5. The number of ether oxygens (including phenoxy) is 2. The molecule has 8 heteroatoms. The van der Waals surface area contributed by atoms with Crippen molar-refractivity contribution in [1.29, 1.82) is 0 Å². The molecule has 1 unspecified atom stereocenters. The van der Waals surface area contributed by atoms with Gasteiger partial charge in [0.05, 0.1) is 18.7 Å². The van der Waals surface area contributed by atoms with Gasteiger partial charge < -0.3 is 25.1 Å². The zero-order chi connectivity index (χ0) is 24.0. The van der Waals surface area contributed by atoms with Gasteiger partial charge in [-0.1, -0.05) is 48.5 Å². The third-order valence-corrected chi connectivity index (χ3v) is 6.18. The lowest BCUT2D eigenvalue weighted by Crippen LogP contribution is -2.51. The SMILES string of the molecule is CCOC(=O)C1=C(N)Oc2cc(C)[nH]c(=O)c2C12C(=O)N(Cc1ccccc1)c1ccccc12. The largest absolute Gasteiger partial charge is 0.462 e. The molecule has 1 spiro atoms. The van der Waals surface area contributed by atoms with Gasteiger partial charge >= 0.3 is 5.97 Å². The van der Waals surface area contributed by atoms with Crippen LogP contribution in [0.5, 0.6) is 5.75 Å². The van der Waals surface area contributed by atoms with Crippen LogP contribution in [0.4, 0.5) is 5.69 Å². The highest BCUT2D eigenvalue weighted by molar-refractivity contribution is 6.18. The van der Waals surface area contributed by atoms with E-state index in [2.05, 4.69) is 4.98 Å². The van der Waals surface area contributed by atoms with Gasteiger partial charge in [0.1, 0.15) is 16.7 Å². The minimum Gasteiger partial charge on any atom is -0.462 e. The first-order valence-corrected chi connectivity index (χ1v) is 10.9. The Hall–Kier alpha value is -4.33. The van der Waals surface area contributed by atoms with Gasteiger partial charge in [-0.05, 0) is 25.5 Å². The summed E-state index contributed by atoms with van der Waals surface area (Å²) in [6.07, 6.45) is 0. The third-order valence-electron chi connectivity index (χ3n) is 6.18. The van der Waals surface area contributed by atoms with Crippen LogP contribution in [0.15, 0.2) is 76.9 Å². The number of hydrogen-bond acceptors (Lipinski definition) is 6.